The van der Waals surface area contributed by atoms with Crippen molar-refractivity contribution >= 4 is 11.7 Å². The molecular formula is C19H17F2NO2. The summed E-state index contributed by atoms with van der Waals surface area (Å²) in [6.45, 7) is 1.49. The Hall–Kier alpha value is -2.56. The van der Waals surface area contributed by atoms with E-state index < -0.39 is 29.1 Å². The zero-order chi connectivity index (χ0) is 17.3. The monoisotopic (exact) mass is 329 g/mol. The summed E-state index contributed by atoms with van der Waals surface area (Å²) in [7, 11) is 0. The van der Waals surface area contributed by atoms with Crippen molar-refractivity contribution in [3.63, 3.8) is 0 Å². The van der Waals surface area contributed by atoms with E-state index in [0.29, 0.717) is 11.5 Å². The summed E-state index contributed by atoms with van der Waals surface area (Å²) in [5, 5.41) is 2.36. The Bertz CT molecular complexity index is 762. The van der Waals surface area contributed by atoms with Gasteiger partial charge in [0, 0.05) is 5.56 Å². The minimum atomic E-state index is -0.957. The number of nitrogens with one attached hydrogen (secondary N) is 1. The Morgan fingerprint density at radius 2 is 1.62 bits per heavy atom. The highest BCUT2D eigenvalue weighted by Gasteiger charge is 2.25. The summed E-state index contributed by atoms with van der Waals surface area (Å²) in [6.07, 6.45) is 2.35. The van der Waals surface area contributed by atoms with Crippen LogP contribution in [0.1, 0.15) is 52.0 Å². The predicted octanol–water partition coefficient (Wildman–Crippen LogP) is 3.84. The molecule has 0 radical (unpaired) electrons. The van der Waals surface area contributed by atoms with Crippen LogP contribution in [0.5, 0.6) is 0 Å². The predicted molar refractivity (Wildman–Crippen MR) is 86.0 cm³/mol. The van der Waals surface area contributed by atoms with Crippen LogP contribution in [0.3, 0.4) is 0 Å². The second kappa shape index (κ2) is 6.51. The first kappa shape index (κ1) is 16.3. The van der Waals surface area contributed by atoms with Crippen molar-refractivity contribution in [1.82, 2.24) is 5.32 Å². The van der Waals surface area contributed by atoms with Gasteiger partial charge in [-0.05, 0) is 43.4 Å². The standard InChI is InChI=1S/C19H17F2NO2/c1-11(22-19(24)17-15(20)3-2-4-16(17)21)18(23)14-9-7-13(8-10-14)12-5-6-12/h2-4,7-12H,5-6H2,1H3,(H,22,24). The van der Waals surface area contributed by atoms with Crippen LogP contribution in [0.4, 0.5) is 8.78 Å². The minimum Gasteiger partial charge on any atom is -0.342 e. The van der Waals surface area contributed by atoms with Crippen LogP contribution in [0.25, 0.3) is 0 Å². The highest BCUT2D eigenvalue weighted by Crippen LogP contribution is 2.39. The average Bonchev–Trinajstić information content (AvgIpc) is 3.39. The fourth-order valence-corrected chi connectivity index (χ4v) is 2.64. The Balaban J connectivity index is 1.70. The smallest absolute Gasteiger partial charge is 0.257 e. The van der Waals surface area contributed by atoms with E-state index >= 15 is 0 Å². The van der Waals surface area contributed by atoms with Gasteiger partial charge in [0.25, 0.3) is 5.91 Å². The summed E-state index contributed by atoms with van der Waals surface area (Å²) >= 11 is 0. The van der Waals surface area contributed by atoms with Gasteiger partial charge in [-0.25, -0.2) is 8.78 Å². The molecule has 0 saturated heterocycles. The van der Waals surface area contributed by atoms with Crippen molar-refractivity contribution in [2.75, 3.05) is 0 Å². The summed E-state index contributed by atoms with van der Waals surface area (Å²) in [4.78, 5) is 24.4. The maximum atomic E-state index is 13.6. The molecule has 1 atom stereocenters. The third kappa shape index (κ3) is 3.35. The molecule has 2 aromatic rings. The van der Waals surface area contributed by atoms with Crippen molar-refractivity contribution in [2.24, 2.45) is 0 Å². The van der Waals surface area contributed by atoms with Gasteiger partial charge >= 0.3 is 0 Å². The molecule has 1 aliphatic rings. The van der Waals surface area contributed by atoms with Crippen LogP contribution < -0.4 is 5.32 Å². The Morgan fingerprint density at radius 3 is 2.17 bits per heavy atom. The van der Waals surface area contributed by atoms with Gasteiger partial charge in [-0.15, -0.1) is 0 Å². The number of hydrogen-bond donors (Lipinski definition) is 1. The topological polar surface area (TPSA) is 46.2 Å². The van der Waals surface area contributed by atoms with Gasteiger partial charge in [0.15, 0.2) is 5.78 Å². The molecule has 124 valence electrons. The second-order valence-electron chi connectivity index (χ2n) is 6.05. The lowest BCUT2D eigenvalue weighted by molar-refractivity contribution is 0.0860. The summed E-state index contributed by atoms with van der Waals surface area (Å²) in [6, 6.07) is 9.57. The lowest BCUT2D eigenvalue weighted by Crippen LogP contribution is -2.39. The lowest BCUT2D eigenvalue weighted by Gasteiger charge is -2.14. The van der Waals surface area contributed by atoms with E-state index in [-0.39, 0.29) is 5.78 Å². The van der Waals surface area contributed by atoms with E-state index in [1.54, 1.807) is 12.1 Å². The van der Waals surface area contributed by atoms with Gasteiger partial charge in [0.2, 0.25) is 0 Å². The number of benzene rings is 2. The van der Waals surface area contributed by atoms with Crippen LogP contribution in [0.15, 0.2) is 42.5 Å². The van der Waals surface area contributed by atoms with Crippen LogP contribution in [-0.4, -0.2) is 17.7 Å². The summed E-state index contributed by atoms with van der Waals surface area (Å²) in [5.41, 5.74) is 0.985. The van der Waals surface area contributed by atoms with E-state index in [9.17, 15) is 18.4 Å². The minimum absolute atomic E-state index is 0.303. The van der Waals surface area contributed by atoms with Gasteiger partial charge < -0.3 is 5.32 Å². The maximum Gasteiger partial charge on any atom is 0.257 e. The molecule has 0 heterocycles. The van der Waals surface area contributed by atoms with Gasteiger partial charge in [-0.2, -0.15) is 0 Å². The largest absolute Gasteiger partial charge is 0.342 e. The number of Topliss-reactive ketones (excluding diaryl/α,β-unsaturated/α-hetero) is 1. The normalized spacial score (nSPS) is 15.0. The highest BCUT2D eigenvalue weighted by atomic mass is 19.1. The molecule has 3 rings (SSSR count). The van der Waals surface area contributed by atoms with Crippen LogP contribution in [0.2, 0.25) is 0 Å². The SMILES string of the molecule is CC(NC(=O)c1c(F)cccc1F)C(=O)c1ccc(C2CC2)cc1. The molecule has 1 saturated carbocycles. The molecular weight excluding hydrogens is 312 g/mol. The number of amides is 1. The number of carbonyl (C=O) groups is 2. The van der Waals surface area contributed by atoms with Crippen molar-refractivity contribution in [3.05, 3.63) is 70.8 Å². The van der Waals surface area contributed by atoms with Crippen molar-refractivity contribution in [3.8, 4) is 0 Å². The van der Waals surface area contributed by atoms with Crippen molar-refractivity contribution < 1.29 is 18.4 Å². The molecule has 1 fully saturated rings. The molecule has 1 N–H and O–H groups in total. The van der Waals surface area contributed by atoms with E-state index in [1.165, 1.54) is 31.4 Å². The zero-order valence-corrected chi connectivity index (χ0v) is 13.2. The molecule has 3 nitrogen and oxygen atoms in total. The Morgan fingerprint density at radius 1 is 1.04 bits per heavy atom. The van der Waals surface area contributed by atoms with Crippen molar-refractivity contribution in [2.45, 2.75) is 31.7 Å². The molecule has 24 heavy (non-hydrogen) atoms. The number of halogens is 2. The number of rotatable bonds is 5. The van der Waals surface area contributed by atoms with Crippen LogP contribution in [0, 0.1) is 11.6 Å². The van der Waals surface area contributed by atoms with E-state index in [2.05, 4.69) is 5.32 Å². The number of carbonyl (C=O) groups excluding carboxylic acids is 2. The van der Waals surface area contributed by atoms with Crippen LogP contribution in [-0.2, 0) is 0 Å². The zero-order valence-electron chi connectivity index (χ0n) is 13.2. The van der Waals surface area contributed by atoms with Crippen molar-refractivity contribution in [1.29, 1.82) is 0 Å². The molecule has 1 unspecified atom stereocenters. The van der Waals surface area contributed by atoms with Gasteiger partial charge in [0.05, 0.1) is 6.04 Å². The van der Waals surface area contributed by atoms with E-state index in [0.717, 1.165) is 12.1 Å². The van der Waals surface area contributed by atoms with Gasteiger partial charge in [-0.1, -0.05) is 30.3 Å². The molecule has 0 spiro atoms. The Kier molecular flexibility index (Phi) is 4.42. The summed E-state index contributed by atoms with van der Waals surface area (Å²) in [5.74, 6) is -2.57. The molecule has 0 aromatic heterocycles. The third-order valence-electron chi connectivity index (χ3n) is 4.17. The molecule has 1 amide bonds. The van der Waals surface area contributed by atoms with Gasteiger partial charge in [0.1, 0.15) is 17.2 Å². The van der Waals surface area contributed by atoms with E-state index in [4.69, 9.17) is 0 Å². The highest BCUT2D eigenvalue weighted by molar-refractivity contribution is 6.04. The quantitative estimate of drug-likeness (QED) is 0.847. The molecule has 1 aliphatic carbocycles. The van der Waals surface area contributed by atoms with E-state index in [1.807, 2.05) is 12.1 Å². The first-order valence-electron chi connectivity index (χ1n) is 7.86. The molecule has 5 heteroatoms. The average molecular weight is 329 g/mol. The molecule has 0 aliphatic heterocycles. The Labute approximate surface area is 138 Å². The van der Waals surface area contributed by atoms with Gasteiger partial charge in [-0.3, -0.25) is 9.59 Å². The lowest BCUT2D eigenvalue weighted by atomic mass is 10.0. The maximum absolute atomic E-state index is 13.6. The number of ketones is 1. The summed E-state index contributed by atoms with van der Waals surface area (Å²) < 4.78 is 27.2. The fourth-order valence-electron chi connectivity index (χ4n) is 2.64. The van der Waals surface area contributed by atoms with Crippen LogP contribution >= 0.6 is 0 Å². The fraction of sp³-hybridized carbons (Fsp3) is 0.263. The molecule has 2 aromatic carbocycles. The first-order chi connectivity index (χ1) is 11.5. The molecule has 0 bridgehead atoms. The second-order valence-corrected chi connectivity index (χ2v) is 6.05. The first-order valence-corrected chi connectivity index (χ1v) is 7.86. The number of hydrogen-bond acceptors (Lipinski definition) is 2. The third-order valence-corrected chi connectivity index (χ3v) is 4.17.